The highest BCUT2D eigenvalue weighted by atomic mass is 16.5. The van der Waals surface area contributed by atoms with E-state index in [9.17, 15) is 0 Å². The summed E-state index contributed by atoms with van der Waals surface area (Å²) in [4.78, 5) is 10.7. The number of ether oxygens (including phenoxy) is 1. The molecule has 0 N–H and O–H groups in total. The zero-order chi connectivity index (χ0) is 13.1. The molecule has 19 heavy (non-hydrogen) atoms. The lowest BCUT2D eigenvalue weighted by atomic mass is 10.0. The molecule has 3 rings (SSSR count). The van der Waals surface area contributed by atoms with Crippen molar-refractivity contribution >= 4 is 5.82 Å². The number of anilines is 1. The van der Waals surface area contributed by atoms with E-state index >= 15 is 0 Å². The minimum atomic E-state index is 0.391. The molecule has 0 unspecified atom stereocenters. The summed E-state index contributed by atoms with van der Waals surface area (Å²) >= 11 is 0. The maximum absolute atomic E-state index is 5.40. The van der Waals surface area contributed by atoms with Gasteiger partial charge >= 0.3 is 0 Å². The van der Waals surface area contributed by atoms with Crippen LogP contribution in [-0.4, -0.2) is 35.4 Å². The van der Waals surface area contributed by atoms with Crippen molar-refractivity contribution in [2.75, 3.05) is 25.2 Å². The third-order valence-corrected chi connectivity index (χ3v) is 3.30. The van der Waals surface area contributed by atoms with Gasteiger partial charge in [0, 0.05) is 31.7 Å². The number of hydrogen-bond acceptors (Lipinski definition) is 6. The fourth-order valence-electron chi connectivity index (χ4n) is 2.20. The smallest absolute Gasteiger partial charge is 0.132 e. The van der Waals surface area contributed by atoms with Gasteiger partial charge in [-0.2, -0.15) is 0 Å². The number of hydrogen-bond donors (Lipinski definition) is 0. The lowest BCUT2D eigenvalue weighted by molar-refractivity contribution is 0.193. The zero-order valence-corrected chi connectivity index (χ0v) is 10.8. The summed E-state index contributed by atoms with van der Waals surface area (Å²) < 4.78 is 10.2. The standard InChI is InChI=1S/C13H16N4O2/c1-17(7-11-3-5-19-16-11)13-6-12(14-9-15-13)10-2-4-18-8-10/h3,5-6,9-10H,2,4,7-8H2,1H3/t10-/m1/s1. The monoisotopic (exact) mass is 260 g/mol. The van der Waals surface area contributed by atoms with Crippen molar-refractivity contribution in [2.24, 2.45) is 0 Å². The summed E-state index contributed by atoms with van der Waals surface area (Å²) in [6.07, 6.45) is 4.22. The minimum absolute atomic E-state index is 0.391. The normalized spacial score (nSPS) is 18.7. The predicted octanol–water partition coefficient (Wildman–Crippen LogP) is 1.60. The largest absolute Gasteiger partial charge is 0.381 e. The molecular formula is C13H16N4O2. The van der Waals surface area contributed by atoms with Crippen molar-refractivity contribution in [3.63, 3.8) is 0 Å². The topological polar surface area (TPSA) is 64.3 Å². The predicted molar refractivity (Wildman–Crippen MR) is 68.8 cm³/mol. The molecule has 3 heterocycles. The molecule has 0 amide bonds. The van der Waals surface area contributed by atoms with Crippen molar-refractivity contribution in [1.82, 2.24) is 15.1 Å². The highest BCUT2D eigenvalue weighted by Gasteiger charge is 2.20. The van der Waals surface area contributed by atoms with E-state index < -0.39 is 0 Å². The van der Waals surface area contributed by atoms with Crippen LogP contribution in [0.2, 0.25) is 0 Å². The number of aromatic nitrogens is 3. The number of nitrogens with zero attached hydrogens (tertiary/aromatic N) is 4. The van der Waals surface area contributed by atoms with Gasteiger partial charge in [-0.1, -0.05) is 5.16 Å². The summed E-state index contributed by atoms with van der Waals surface area (Å²) in [5, 5.41) is 3.90. The van der Waals surface area contributed by atoms with Gasteiger partial charge in [-0.05, 0) is 6.42 Å². The molecule has 6 heteroatoms. The first-order chi connectivity index (χ1) is 9.33. The van der Waals surface area contributed by atoms with Crippen molar-refractivity contribution in [3.8, 4) is 0 Å². The molecule has 2 aromatic heterocycles. The average Bonchev–Trinajstić information content (AvgIpc) is 3.12. The van der Waals surface area contributed by atoms with Gasteiger partial charge in [-0.25, -0.2) is 9.97 Å². The molecular weight excluding hydrogens is 244 g/mol. The molecule has 2 aromatic rings. The van der Waals surface area contributed by atoms with Crippen LogP contribution in [0.25, 0.3) is 0 Å². The van der Waals surface area contributed by atoms with E-state index in [1.807, 2.05) is 24.1 Å². The Morgan fingerprint density at radius 1 is 1.42 bits per heavy atom. The molecule has 1 saturated heterocycles. The van der Waals surface area contributed by atoms with Gasteiger partial charge in [0.1, 0.15) is 24.1 Å². The van der Waals surface area contributed by atoms with E-state index in [2.05, 4.69) is 15.1 Å². The Balaban J connectivity index is 1.74. The maximum Gasteiger partial charge on any atom is 0.132 e. The van der Waals surface area contributed by atoms with Gasteiger partial charge in [0.15, 0.2) is 0 Å². The van der Waals surface area contributed by atoms with Crippen molar-refractivity contribution in [3.05, 3.63) is 36.1 Å². The Morgan fingerprint density at radius 2 is 2.37 bits per heavy atom. The average molecular weight is 260 g/mol. The van der Waals surface area contributed by atoms with Crippen LogP contribution in [0.15, 0.2) is 29.2 Å². The van der Waals surface area contributed by atoms with Crippen LogP contribution in [-0.2, 0) is 11.3 Å². The van der Waals surface area contributed by atoms with E-state index in [0.717, 1.165) is 36.8 Å². The summed E-state index contributed by atoms with van der Waals surface area (Å²) in [7, 11) is 1.98. The fraction of sp³-hybridized carbons (Fsp3) is 0.462. The highest BCUT2D eigenvalue weighted by molar-refractivity contribution is 5.39. The number of rotatable bonds is 4. The first kappa shape index (κ1) is 12.1. The second-order valence-corrected chi connectivity index (χ2v) is 4.71. The molecule has 0 saturated carbocycles. The van der Waals surface area contributed by atoms with Gasteiger partial charge in [0.25, 0.3) is 0 Å². The zero-order valence-electron chi connectivity index (χ0n) is 10.8. The molecule has 1 fully saturated rings. The molecule has 6 nitrogen and oxygen atoms in total. The lowest BCUT2D eigenvalue weighted by Gasteiger charge is -2.17. The first-order valence-electron chi connectivity index (χ1n) is 6.33. The van der Waals surface area contributed by atoms with Gasteiger partial charge < -0.3 is 14.2 Å². The molecule has 1 atom stereocenters. The van der Waals surface area contributed by atoms with E-state index in [-0.39, 0.29) is 0 Å². The minimum Gasteiger partial charge on any atom is -0.381 e. The first-order valence-corrected chi connectivity index (χ1v) is 6.33. The summed E-state index contributed by atoms with van der Waals surface area (Å²) in [6, 6.07) is 3.88. The molecule has 0 bridgehead atoms. The highest BCUT2D eigenvalue weighted by Crippen LogP contribution is 2.25. The molecule has 0 spiro atoms. The van der Waals surface area contributed by atoms with E-state index in [1.54, 1.807) is 12.6 Å². The van der Waals surface area contributed by atoms with Crippen LogP contribution >= 0.6 is 0 Å². The van der Waals surface area contributed by atoms with E-state index in [0.29, 0.717) is 12.5 Å². The molecule has 0 radical (unpaired) electrons. The van der Waals surface area contributed by atoms with Crippen LogP contribution in [0, 0.1) is 0 Å². The van der Waals surface area contributed by atoms with Crippen LogP contribution < -0.4 is 4.90 Å². The van der Waals surface area contributed by atoms with E-state index in [4.69, 9.17) is 9.26 Å². The van der Waals surface area contributed by atoms with Crippen molar-refractivity contribution in [1.29, 1.82) is 0 Å². The second kappa shape index (κ2) is 5.36. The Morgan fingerprint density at radius 3 is 3.11 bits per heavy atom. The Hall–Kier alpha value is -1.95. The van der Waals surface area contributed by atoms with Crippen LogP contribution in [0.5, 0.6) is 0 Å². The SMILES string of the molecule is CN(Cc1ccon1)c1cc([C@@H]2CCOC2)ncn1. The molecule has 1 aliphatic rings. The molecule has 0 aromatic carbocycles. The van der Waals surface area contributed by atoms with Crippen molar-refractivity contribution in [2.45, 2.75) is 18.9 Å². The lowest BCUT2D eigenvalue weighted by Crippen LogP contribution is -2.18. The van der Waals surface area contributed by atoms with Gasteiger partial charge in [0.05, 0.1) is 18.8 Å². The fourth-order valence-corrected chi connectivity index (χ4v) is 2.20. The quantitative estimate of drug-likeness (QED) is 0.832. The van der Waals surface area contributed by atoms with Crippen LogP contribution in [0.4, 0.5) is 5.82 Å². The second-order valence-electron chi connectivity index (χ2n) is 4.71. The van der Waals surface area contributed by atoms with Crippen molar-refractivity contribution < 1.29 is 9.26 Å². The summed E-state index contributed by atoms with van der Waals surface area (Å²) in [6.45, 7) is 2.23. The summed E-state index contributed by atoms with van der Waals surface area (Å²) in [5.74, 6) is 1.28. The maximum atomic E-state index is 5.40. The third kappa shape index (κ3) is 2.73. The van der Waals surface area contributed by atoms with Crippen LogP contribution in [0.3, 0.4) is 0 Å². The van der Waals surface area contributed by atoms with Crippen LogP contribution in [0.1, 0.15) is 23.7 Å². The summed E-state index contributed by atoms with van der Waals surface area (Å²) in [5.41, 5.74) is 1.93. The Kier molecular flexibility index (Phi) is 3.41. The van der Waals surface area contributed by atoms with Gasteiger partial charge in [-0.3, -0.25) is 0 Å². The third-order valence-electron chi connectivity index (χ3n) is 3.30. The molecule has 1 aliphatic heterocycles. The molecule has 0 aliphatic carbocycles. The Labute approximate surface area is 111 Å². The van der Waals surface area contributed by atoms with E-state index in [1.165, 1.54) is 0 Å². The Bertz CT molecular complexity index is 523. The van der Waals surface area contributed by atoms with Gasteiger partial charge in [0.2, 0.25) is 0 Å². The molecule has 100 valence electrons. The van der Waals surface area contributed by atoms with Gasteiger partial charge in [-0.15, -0.1) is 0 Å².